The Balaban J connectivity index is 3.67. The van der Waals surface area contributed by atoms with Crippen molar-refractivity contribution >= 4 is 12.1 Å². The smallest absolute Gasteiger partial charge is 0.407 e. The number of alkyl carbamates (subject to hydrolysis) is 1. The topological polar surface area (TPSA) is 76.7 Å². The van der Waals surface area contributed by atoms with E-state index in [9.17, 15) is 9.59 Å². The molecule has 0 spiro atoms. The summed E-state index contributed by atoms with van der Waals surface area (Å²) in [5, 5.41) is 5.53. The van der Waals surface area contributed by atoms with E-state index in [1.165, 1.54) is 0 Å². The zero-order valence-corrected chi connectivity index (χ0v) is 11.8. The Morgan fingerprint density at radius 1 is 1.22 bits per heavy atom. The minimum Gasteiger partial charge on any atom is -0.465 e. The molecular formula is C12H24N2O4. The summed E-state index contributed by atoms with van der Waals surface area (Å²) in [6, 6.07) is -0.384. The summed E-state index contributed by atoms with van der Waals surface area (Å²) >= 11 is 0. The van der Waals surface area contributed by atoms with E-state index in [-0.39, 0.29) is 12.0 Å². The van der Waals surface area contributed by atoms with Crippen molar-refractivity contribution in [3.8, 4) is 0 Å². The number of rotatable bonds is 6. The van der Waals surface area contributed by atoms with E-state index in [2.05, 4.69) is 10.6 Å². The van der Waals surface area contributed by atoms with Crippen LogP contribution in [0, 0.1) is 0 Å². The number of hydrogen-bond acceptors (Lipinski definition) is 5. The molecule has 2 N–H and O–H groups in total. The van der Waals surface area contributed by atoms with Gasteiger partial charge in [-0.05, 0) is 34.6 Å². The third kappa shape index (κ3) is 8.81. The van der Waals surface area contributed by atoms with Gasteiger partial charge in [0.15, 0.2) is 0 Å². The summed E-state index contributed by atoms with van der Waals surface area (Å²) in [5.74, 6) is -0.297. The number of hydrogen-bond donors (Lipinski definition) is 2. The highest BCUT2D eigenvalue weighted by atomic mass is 16.6. The average molecular weight is 260 g/mol. The maximum absolute atomic E-state index is 11.3. The molecule has 0 aromatic carbocycles. The van der Waals surface area contributed by atoms with E-state index in [0.29, 0.717) is 19.7 Å². The van der Waals surface area contributed by atoms with Crippen LogP contribution in [0.4, 0.5) is 4.79 Å². The van der Waals surface area contributed by atoms with Gasteiger partial charge in [0.05, 0.1) is 6.61 Å². The molecule has 0 aromatic rings. The number of carbonyl (C=O) groups is 2. The van der Waals surface area contributed by atoms with Crippen molar-refractivity contribution in [3.63, 3.8) is 0 Å². The summed E-state index contributed by atoms with van der Waals surface area (Å²) < 4.78 is 9.90. The van der Waals surface area contributed by atoms with Crippen molar-refractivity contribution < 1.29 is 19.1 Å². The third-order valence-corrected chi connectivity index (χ3v) is 1.88. The highest BCUT2D eigenvalue weighted by molar-refractivity contribution is 5.75. The zero-order valence-electron chi connectivity index (χ0n) is 11.8. The van der Waals surface area contributed by atoms with Crippen molar-refractivity contribution in [2.45, 2.75) is 46.3 Å². The average Bonchev–Trinajstić information content (AvgIpc) is 2.21. The van der Waals surface area contributed by atoms with Crippen LogP contribution in [0.3, 0.4) is 0 Å². The molecule has 106 valence electrons. The molecule has 0 aliphatic heterocycles. The first-order chi connectivity index (χ1) is 8.26. The molecule has 0 rings (SSSR count). The van der Waals surface area contributed by atoms with Gasteiger partial charge in [0.2, 0.25) is 0 Å². The van der Waals surface area contributed by atoms with Crippen LogP contribution in [0.1, 0.15) is 34.6 Å². The van der Waals surface area contributed by atoms with E-state index in [1.54, 1.807) is 34.6 Å². The minimum atomic E-state index is -0.504. The van der Waals surface area contributed by atoms with Crippen LogP contribution in [-0.4, -0.2) is 43.4 Å². The Morgan fingerprint density at radius 3 is 2.33 bits per heavy atom. The molecule has 0 saturated heterocycles. The van der Waals surface area contributed by atoms with Gasteiger partial charge in [-0.3, -0.25) is 4.79 Å². The standard InChI is InChI=1S/C12H24N2O4/c1-6-17-10(15)9(2)13-7-8-14-11(16)18-12(3,4)5/h9,13H,6-8H2,1-5H3,(H,14,16). The fraction of sp³-hybridized carbons (Fsp3) is 0.833. The largest absolute Gasteiger partial charge is 0.465 e. The number of carbonyl (C=O) groups excluding carboxylic acids is 2. The monoisotopic (exact) mass is 260 g/mol. The molecule has 0 aliphatic rings. The molecule has 0 aromatic heterocycles. The first kappa shape index (κ1) is 16.7. The van der Waals surface area contributed by atoms with Crippen LogP contribution in [0.15, 0.2) is 0 Å². The van der Waals surface area contributed by atoms with Gasteiger partial charge < -0.3 is 20.1 Å². The van der Waals surface area contributed by atoms with E-state index < -0.39 is 11.7 Å². The van der Waals surface area contributed by atoms with Crippen LogP contribution in [-0.2, 0) is 14.3 Å². The van der Waals surface area contributed by atoms with Crippen LogP contribution >= 0.6 is 0 Å². The Morgan fingerprint density at radius 2 is 1.83 bits per heavy atom. The van der Waals surface area contributed by atoms with Crippen molar-refractivity contribution in [3.05, 3.63) is 0 Å². The first-order valence-corrected chi connectivity index (χ1v) is 6.13. The van der Waals surface area contributed by atoms with Gasteiger partial charge in [-0.25, -0.2) is 4.79 Å². The fourth-order valence-electron chi connectivity index (χ4n) is 1.12. The highest BCUT2D eigenvalue weighted by Gasteiger charge is 2.16. The molecule has 0 bridgehead atoms. The predicted molar refractivity (Wildman–Crippen MR) is 68.3 cm³/mol. The van der Waals surface area contributed by atoms with Crippen LogP contribution in [0.25, 0.3) is 0 Å². The van der Waals surface area contributed by atoms with Gasteiger partial charge in [-0.2, -0.15) is 0 Å². The van der Waals surface area contributed by atoms with E-state index in [4.69, 9.17) is 9.47 Å². The van der Waals surface area contributed by atoms with Crippen molar-refractivity contribution in [2.24, 2.45) is 0 Å². The molecule has 18 heavy (non-hydrogen) atoms. The summed E-state index contributed by atoms with van der Waals surface area (Å²) in [6.07, 6.45) is -0.465. The third-order valence-electron chi connectivity index (χ3n) is 1.88. The van der Waals surface area contributed by atoms with Gasteiger partial charge in [-0.1, -0.05) is 0 Å². The van der Waals surface area contributed by atoms with Gasteiger partial charge in [0.1, 0.15) is 11.6 Å². The normalized spacial score (nSPS) is 12.7. The maximum atomic E-state index is 11.3. The second-order valence-electron chi connectivity index (χ2n) is 4.86. The molecule has 0 fully saturated rings. The summed E-state index contributed by atoms with van der Waals surface area (Å²) in [7, 11) is 0. The Labute approximate surface area is 108 Å². The second kappa shape index (κ2) is 7.92. The van der Waals surface area contributed by atoms with E-state index >= 15 is 0 Å². The lowest BCUT2D eigenvalue weighted by Crippen LogP contribution is -2.41. The van der Waals surface area contributed by atoms with Gasteiger partial charge in [0, 0.05) is 13.1 Å². The van der Waals surface area contributed by atoms with Crippen LogP contribution in [0.5, 0.6) is 0 Å². The molecule has 0 radical (unpaired) electrons. The van der Waals surface area contributed by atoms with Gasteiger partial charge in [-0.15, -0.1) is 0 Å². The molecule has 6 heteroatoms. The van der Waals surface area contributed by atoms with E-state index in [1.807, 2.05) is 0 Å². The minimum absolute atomic E-state index is 0.297. The number of nitrogens with one attached hydrogen (secondary N) is 2. The molecular weight excluding hydrogens is 236 g/mol. The second-order valence-corrected chi connectivity index (χ2v) is 4.86. The summed E-state index contributed by atoms with van der Waals surface area (Å²) in [5.41, 5.74) is -0.504. The Hall–Kier alpha value is -1.30. The summed E-state index contributed by atoms with van der Waals surface area (Å²) in [4.78, 5) is 22.5. The molecule has 1 atom stereocenters. The molecule has 0 heterocycles. The lowest BCUT2D eigenvalue weighted by atomic mass is 10.2. The van der Waals surface area contributed by atoms with Crippen LogP contribution < -0.4 is 10.6 Å². The summed E-state index contributed by atoms with van der Waals surface area (Å²) in [6.45, 7) is 10.1. The zero-order chi connectivity index (χ0) is 14.2. The molecule has 0 aliphatic carbocycles. The maximum Gasteiger partial charge on any atom is 0.407 e. The van der Waals surface area contributed by atoms with Gasteiger partial charge >= 0.3 is 12.1 Å². The Kier molecular flexibility index (Phi) is 7.35. The van der Waals surface area contributed by atoms with E-state index in [0.717, 1.165) is 0 Å². The van der Waals surface area contributed by atoms with Crippen molar-refractivity contribution in [2.75, 3.05) is 19.7 Å². The fourth-order valence-corrected chi connectivity index (χ4v) is 1.12. The Bertz CT molecular complexity index is 274. The lowest BCUT2D eigenvalue weighted by Gasteiger charge is -2.20. The molecule has 1 unspecified atom stereocenters. The molecule has 6 nitrogen and oxygen atoms in total. The number of ether oxygens (including phenoxy) is 2. The predicted octanol–water partition coefficient (Wildman–Crippen LogP) is 1.05. The number of amides is 1. The SMILES string of the molecule is CCOC(=O)C(C)NCCNC(=O)OC(C)(C)C. The van der Waals surface area contributed by atoms with Crippen molar-refractivity contribution in [1.82, 2.24) is 10.6 Å². The first-order valence-electron chi connectivity index (χ1n) is 6.13. The molecule has 0 saturated carbocycles. The quantitative estimate of drug-likeness (QED) is 0.551. The number of esters is 1. The van der Waals surface area contributed by atoms with Crippen LogP contribution in [0.2, 0.25) is 0 Å². The van der Waals surface area contributed by atoms with Gasteiger partial charge in [0.25, 0.3) is 0 Å². The molecule has 1 amide bonds. The highest BCUT2D eigenvalue weighted by Crippen LogP contribution is 2.05. The van der Waals surface area contributed by atoms with Crippen molar-refractivity contribution in [1.29, 1.82) is 0 Å². The lowest BCUT2D eigenvalue weighted by molar-refractivity contribution is -0.145.